The summed E-state index contributed by atoms with van der Waals surface area (Å²) in [5.41, 5.74) is 2.12. The van der Waals surface area contributed by atoms with Crippen molar-refractivity contribution >= 4 is 23.5 Å². The van der Waals surface area contributed by atoms with Gasteiger partial charge in [-0.2, -0.15) is 4.99 Å². The summed E-state index contributed by atoms with van der Waals surface area (Å²) in [6.07, 6.45) is 4.57. The summed E-state index contributed by atoms with van der Waals surface area (Å²) >= 11 is 0. The fourth-order valence-corrected chi connectivity index (χ4v) is 4.44. The van der Waals surface area contributed by atoms with Gasteiger partial charge in [0.15, 0.2) is 0 Å². The number of guanidine groups is 1. The number of carbonyl (C=O) groups is 1. The zero-order chi connectivity index (χ0) is 21.2. The number of ether oxygens (including phenoxy) is 2. The number of anilines is 1. The minimum Gasteiger partial charge on any atom is -0.427 e. The second-order valence-corrected chi connectivity index (χ2v) is 7.86. The zero-order valence-electron chi connectivity index (χ0n) is 17.5. The van der Waals surface area contributed by atoms with Gasteiger partial charge in [-0.1, -0.05) is 12.1 Å². The Hall–Kier alpha value is -3.26. The highest BCUT2D eigenvalue weighted by molar-refractivity contribution is 6.09. The molecule has 4 heterocycles. The zero-order valence-corrected chi connectivity index (χ0v) is 17.5. The second kappa shape index (κ2) is 8.47. The molecule has 0 spiro atoms. The van der Waals surface area contributed by atoms with Gasteiger partial charge in [0.2, 0.25) is 5.96 Å². The summed E-state index contributed by atoms with van der Waals surface area (Å²) < 4.78 is 10.8. The molecule has 8 heteroatoms. The number of morpholine rings is 1. The average Bonchev–Trinajstić information content (AvgIpc) is 3.23. The number of rotatable bonds is 3. The molecule has 8 nitrogen and oxygen atoms in total. The summed E-state index contributed by atoms with van der Waals surface area (Å²) in [7, 11) is 0. The van der Waals surface area contributed by atoms with Crippen molar-refractivity contribution in [3.05, 3.63) is 54.4 Å². The van der Waals surface area contributed by atoms with Crippen LogP contribution in [0, 0.1) is 5.92 Å². The summed E-state index contributed by atoms with van der Waals surface area (Å²) in [4.78, 5) is 30.2. The van der Waals surface area contributed by atoms with Crippen molar-refractivity contribution in [2.45, 2.75) is 19.4 Å². The van der Waals surface area contributed by atoms with Gasteiger partial charge in [-0.3, -0.25) is 9.78 Å². The highest BCUT2D eigenvalue weighted by Gasteiger charge is 2.40. The molecule has 2 unspecified atom stereocenters. The number of hydrogen-bond acceptors (Lipinski definition) is 8. The largest absolute Gasteiger partial charge is 0.427 e. The number of esters is 1. The van der Waals surface area contributed by atoms with E-state index in [0.29, 0.717) is 19.0 Å². The van der Waals surface area contributed by atoms with Crippen molar-refractivity contribution in [3.8, 4) is 5.75 Å². The number of pyridine rings is 1. The number of hydrogen-bond donors (Lipinski definition) is 0. The molecule has 5 rings (SSSR count). The van der Waals surface area contributed by atoms with E-state index in [-0.39, 0.29) is 17.9 Å². The monoisotopic (exact) mass is 419 g/mol. The minimum atomic E-state index is -0.328. The number of fused-ring (bicyclic) bond motifs is 1. The number of aliphatic imine (C=N–C) groups is 2. The van der Waals surface area contributed by atoms with Crippen LogP contribution >= 0.6 is 0 Å². The number of amidine groups is 1. The van der Waals surface area contributed by atoms with Gasteiger partial charge < -0.3 is 19.3 Å². The molecule has 0 radical (unpaired) electrons. The Labute approximate surface area is 181 Å². The third-order valence-corrected chi connectivity index (χ3v) is 5.85. The van der Waals surface area contributed by atoms with Crippen molar-refractivity contribution in [2.75, 3.05) is 37.7 Å². The molecule has 1 aromatic carbocycles. The fraction of sp³-hybridized carbons (Fsp3) is 0.391. The third-order valence-electron chi connectivity index (χ3n) is 5.85. The molecule has 0 N–H and O–H groups in total. The molecule has 31 heavy (non-hydrogen) atoms. The van der Waals surface area contributed by atoms with Crippen LogP contribution in [0.5, 0.6) is 5.75 Å². The van der Waals surface area contributed by atoms with Crippen LogP contribution in [0.15, 0.2) is 58.8 Å². The highest BCUT2D eigenvalue weighted by atomic mass is 16.5. The molecular weight excluding hydrogens is 394 g/mol. The van der Waals surface area contributed by atoms with E-state index in [1.807, 2.05) is 36.7 Å². The van der Waals surface area contributed by atoms with Crippen LogP contribution in [-0.4, -0.2) is 60.5 Å². The first-order chi connectivity index (χ1) is 15.2. The Morgan fingerprint density at radius 2 is 1.94 bits per heavy atom. The number of carbonyl (C=O) groups excluding carboxylic acids is 1. The molecule has 0 bridgehead atoms. The van der Waals surface area contributed by atoms with Gasteiger partial charge in [0.1, 0.15) is 11.6 Å². The molecular formula is C23H25N5O3. The van der Waals surface area contributed by atoms with Crippen LogP contribution < -0.4 is 9.64 Å². The predicted molar refractivity (Wildman–Crippen MR) is 117 cm³/mol. The normalized spacial score (nSPS) is 23.1. The second-order valence-electron chi connectivity index (χ2n) is 7.86. The van der Waals surface area contributed by atoms with E-state index in [4.69, 9.17) is 19.5 Å². The summed E-state index contributed by atoms with van der Waals surface area (Å²) in [5.74, 6) is 2.15. The molecule has 3 aliphatic rings. The first-order valence-corrected chi connectivity index (χ1v) is 10.6. The van der Waals surface area contributed by atoms with Gasteiger partial charge in [-0.05, 0) is 36.2 Å². The molecule has 160 valence electrons. The van der Waals surface area contributed by atoms with Gasteiger partial charge in [0.05, 0.1) is 19.3 Å². The van der Waals surface area contributed by atoms with E-state index < -0.39 is 0 Å². The van der Waals surface area contributed by atoms with Gasteiger partial charge >= 0.3 is 5.97 Å². The Balaban J connectivity index is 1.53. The number of benzene rings is 1. The summed E-state index contributed by atoms with van der Waals surface area (Å²) in [6.45, 7) is 5.18. The predicted octanol–water partition coefficient (Wildman–Crippen LogP) is 2.67. The van der Waals surface area contributed by atoms with Gasteiger partial charge in [0.25, 0.3) is 0 Å². The van der Waals surface area contributed by atoms with E-state index in [1.54, 1.807) is 6.07 Å². The van der Waals surface area contributed by atoms with Crippen molar-refractivity contribution in [2.24, 2.45) is 15.9 Å². The Kier molecular flexibility index (Phi) is 5.38. The Bertz CT molecular complexity index is 1020. The fourth-order valence-electron chi connectivity index (χ4n) is 4.44. The lowest BCUT2D eigenvalue weighted by molar-refractivity contribution is -0.131. The first-order valence-electron chi connectivity index (χ1n) is 10.6. The van der Waals surface area contributed by atoms with E-state index in [9.17, 15) is 4.79 Å². The number of nitrogens with zero attached hydrogens (tertiary/aromatic N) is 5. The van der Waals surface area contributed by atoms with E-state index in [2.05, 4.69) is 20.9 Å². The number of aromatic nitrogens is 1. The molecule has 2 saturated heterocycles. The lowest BCUT2D eigenvalue weighted by atomic mass is 9.91. The van der Waals surface area contributed by atoms with E-state index in [1.165, 1.54) is 6.92 Å². The lowest BCUT2D eigenvalue weighted by Gasteiger charge is -2.34. The maximum atomic E-state index is 11.4. The van der Waals surface area contributed by atoms with Crippen molar-refractivity contribution < 1.29 is 14.3 Å². The van der Waals surface area contributed by atoms with Crippen LogP contribution in [-0.2, 0) is 9.53 Å². The van der Waals surface area contributed by atoms with Crippen molar-refractivity contribution in [3.63, 3.8) is 0 Å². The van der Waals surface area contributed by atoms with E-state index in [0.717, 1.165) is 49.1 Å². The SMILES string of the molecule is CC(=O)Oc1cccc(C2N=C(N3CCOCC3)N=C3C2CCN3c2ccncc2)c1. The molecule has 1 aromatic heterocycles. The topological polar surface area (TPSA) is 79.6 Å². The maximum Gasteiger partial charge on any atom is 0.308 e. The first kappa shape index (κ1) is 19.7. The quantitative estimate of drug-likeness (QED) is 0.562. The highest BCUT2D eigenvalue weighted by Crippen LogP contribution is 2.40. The maximum absolute atomic E-state index is 11.4. The van der Waals surface area contributed by atoms with Crippen molar-refractivity contribution in [1.29, 1.82) is 0 Å². The lowest BCUT2D eigenvalue weighted by Crippen LogP contribution is -2.44. The smallest absolute Gasteiger partial charge is 0.308 e. The molecule has 2 aromatic rings. The van der Waals surface area contributed by atoms with Gasteiger partial charge in [0, 0.05) is 50.6 Å². The van der Waals surface area contributed by atoms with Crippen LogP contribution in [0.2, 0.25) is 0 Å². The molecule has 0 saturated carbocycles. The molecule has 2 atom stereocenters. The summed E-state index contributed by atoms with van der Waals surface area (Å²) in [6, 6.07) is 11.6. The van der Waals surface area contributed by atoms with Gasteiger partial charge in [-0.15, -0.1) is 0 Å². The van der Waals surface area contributed by atoms with Crippen LogP contribution in [0.3, 0.4) is 0 Å². The van der Waals surface area contributed by atoms with Crippen LogP contribution in [0.4, 0.5) is 5.69 Å². The standard InChI is InChI=1S/C23H25N5O3/c1-16(29)31-19-4-2-3-17(15-19)21-20-7-10-28(18-5-8-24-9-6-18)22(20)26-23(25-21)27-11-13-30-14-12-27/h2-6,8-9,15,20-21H,7,10-14H2,1H3. The molecule has 0 aliphatic carbocycles. The van der Waals surface area contributed by atoms with Gasteiger partial charge in [-0.25, -0.2) is 4.99 Å². The third kappa shape index (κ3) is 4.03. The van der Waals surface area contributed by atoms with Crippen LogP contribution in [0.25, 0.3) is 0 Å². The molecule has 3 aliphatic heterocycles. The van der Waals surface area contributed by atoms with Crippen molar-refractivity contribution in [1.82, 2.24) is 9.88 Å². The Morgan fingerprint density at radius 1 is 1.13 bits per heavy atom. The summed E-state index contributed by atoms with van der Waals surface area (Å²) in [5, 5.41) is 0. The minimum absolute atomic E-state index is 0.0901. The van der Waals surface area contributed by atoms with Crippen LogP contribution in [0.1, 0.15) is 24.9 Å². The average molecular weight is 419 g/mol. The molecule has 0 amide bonds. The Morgan fingerprint density at radius 3 is 2.71 bits per heavy atom. The molecule has 2 fully saturated rings. The van der Waals surface area contributed by atoms with E-state index >= 15 is 0 Å².